The Morgan fingerprint density at radius 1 is 1.21 bits per heavy atom. The summed E-state index contributed by atoms with van der Waals surface area (Å²) >= 11 is 0. The zero-order valence-electron chi connectivity index (χ0n) is 11.9. The highest BCUT2D eigenvalue weighted by atomic mass is 16.5. The van der Waals surface area contributed by atoms with Crippen LogP contribution in [0.2, 0.25) is 0 Å². The lowest BCUT2D eigenvalue weighted by molar-refractivity contribution is 0.0171. The summed E-state index contributed by atoms with van der Waals surface area (Å²) in [6.07, 6.45) is -0.348. The molecule has 0 aromatic heterocycles. The van der Waals surface area contributed by atoms with Crippen LogP contribution in [0.25, 0.3) is 0 Å². The highest BCUT2D eigenvalue weighted by molar-refractivity contribution is 5.48. The lowest BCUT2D eigenvalue weighted by Gasteiger charge is -2.28. The van der Waals surface area contributed by atoms with Crippen LogP contribution in [0.3, 0.4) is 0 Å². The number of rotatable bonds is 5. The van der Waals surface area contributed by atoms with Crippen LogP contribution in [0, 0.1) is 13.8 Å². The first-order chi connectivity index (χ1) is 9.13. The number of anilines is 1. The molecule has 0 bridgehead atoms. The molecule has 0 saturated carbocycles. The van der Waals surface area contributed by atoms with Crippen LogP contribution in [0.1, 0.15) is 11.1 Å². The number of morpholine rings is 1. The molecule has 0 spiro atoms. The summed E-state index contributed by atoms with van der Waals surface area (Å²) in [7, 11) is 0. The third-order valence-corrected chi connectivity index (χ3v) is 3.34. The van der Waals surface area contributed by atoms with Gasteiger partial charge in [-0.3, -0.25) is 4.90 Å². The lowest BCUT2D eigenvalue weighted by Crippen LogP contribution is -2.42. The van der Waals surface area contributed by atoms with Crippen molar-refractivity contribution in [2.24, 2.45) is 0 Å². The van der Waals surface area contributed by atoms with Gasteiger partial charge in [0.05, 0.1) is 19.3 Å². The molecule has 1 atom stereocenters. The van der Waals surface area contributed by atoms with Crippen molar-refractivity contribution in [1.82, 2.24) is 4.90 Å². The second-order valence-electron chi connectivity index (χ2n) is 5.32. The molecular formula is C15H24N2O2. The van der Waals surface area contributed by atoms with E-state index < -0.39 is 0 Å². The van der Waals surface area contributed by atoms with E-state index in [9.17, 15) is 5.11 Å². The highest BCUT2D eigenvalue weighted by Crippen LogP contribution is 2.13. The van der Waals surface area contributed by atoms with Gasteiger partial charge in [-0.15, -0.1) is 0 Å². The number of aryl methyl sites for hydroxylation is 2. The number of hydrogen-bond donors (Lipinski definition) is 2. The number of nitrogens with one attached hydrogen (secondary N) is 1. The normalized spacial score (nSPS) is 18.3. The van der Waals surface area contributed by atoms with E-state index in [1.807, 2.05) is 0 Å². The molecule has 1 aliphatic rings. The van der Waals surface area contributed by atoms with E-state index >= 15 is 0 Å². The molecule has 1 saturated heterocycles. The van der Waals surface area contributed by atoms with Crippen molar-refractivity contribution < 1.29 is 9.84 Å². The van der Waals surface area contributed by atoms with Gasteiger partial charge in [-0.25, -0.2) is 0 Å². The molecule has 19 heavy (non-hydrogen) atoms. The third-order valence-electron chi connectivity index (χ3n) is 3.34. The molecule has 1 aromatic rings. The van der Waals surface area contributed by atoms with Crippen LogP contribution in [-0.4, -0.2) is 55.5 Å². The minimum atomic E-state index is -0.348. The number of hydrogen-bond acceptors (Lipinski definition) is 4. The summed E-state index contributed by atoms with van der Waals surface area (Å²) in [5.74, 6) is 0. The number of aliphatic hydroxyl groups is 1. The molecule has 0 amide bonds. The van der Waals surface area contributed by atoms with Crippen LogP contribution in [0.5, 0.6) is 0 Å². The number of aliphatic hydroxyl groups excluding tert-OH is 1. The molecule has 106 valence electrons. The first kappa shape index (κ1) is 14.3. The molecular weight excluding hydrogens is 240 g/mol. The molecule has 1 fully saturated rings. The fourth-order valence-corrected chi connectivity index (χ4v) is 2.46. The number of benzene rings is 1. The maximum absolute atomic E-state index is 10.1. The average molecular weight is 264 g/mol. The molecule has 2 rings (SSSR count). The fraction of sp³-hybridized carbons (Fsp3) is 0.600. The first-order valence-corrected chi connectivity index (χ1v) is 6.94. The highest BCUT2D eigenvalue weighted by Gasteiger charge is 2.14. The van der Waals surface area contributed by atoms with Crippen molar-refractivity contribution in [1.29, 1.82) is 0 Å². The van der Waals surface area contributed by atoms with Gasteiger partial charge in [-0.2, -0.15) is 0 Å². The van der Waals surface area contributed by atoms with Gasteiger partial charge in [0.1, 0.15) is 0 Å². The topological polar surface area (TPSA) is 44.7 Å². The Hall–Kier alpha value is -1.10. The predicted octanol–water partition coefficient (Wildman–Crippen LogP) is 1.41. The molecule has 2 N–H and O–H groups in total. The van der Waals surface area contributed by atoms with Gasteiger partial charge in [0.25, 0.3) is 0 Å². The van der Waals surface area contributed by atoms with Gasteiger partial charge in [0.2, 0.25) is 0 Å². The summed E-state index contributed by atoms with van der Waals surface area (Å²) in [6.45, 7) is 8.85. The van der Waals surface area contributed by atoms with E-state index in [-0.39, 0.29) is 6.10 Å². The standard InChI is InChI=1S/C15H24N2O2/c1-12-7-13(2)9-14(8-12)16-10-15(18)11-17-3-5-19-6-4-17/h7-9,15-16,18H,3-6,10-11H2,1-2H3. The molecule has 1 aliphatic heterocycles. The van der Waals surface area contributed by atoms with Gasteiger partial charge >= 0.3 is 0 Å². The van der Waals surface area contributed by atoms with Crippen molar-refractivity contribution in [3.05, 3.63) is 29.3 Å². The zero-order chi connectivity index (χ0) is 13.7. The van der Waals surface area contributed by atoms with E-state index in [0.717, 1.165) is 32.0 Å². The average Bonchev–Trinajstić information content (AvgIpc) is 2.36. The van der Waals surface area contributed by atoms with Crippen molar-refractivity contribution in [3.8, 4) is 0 Å². The number of nitrogens with zero attached hydrogens (tertiary/aromatic N) is 1. The SMILES string of the molecule is Cc1cc(C)cc(NCC(O)CN2CCOCC2)c1. The Balaban J connectivity index is 1.77. The molecule has 1 unspecified atom stereocenters. The van der Waals surface area contributed by atoms with Crippen molar-refractivity contribution in [2.75, 3.05) is 44.7 Å². The monoisotopic (exact) mass is 264 g/mol. The van der Waals surface area contributed by atoms with Crippen LogP contribution in [-0.2, 0) is 4.74 Å². The Kier molecular flexibility index (Phi) is 5.19. The van der Waals surface area contributed by atoms with Gasteiger partial charge < -0.3 is 15.2 Å². The second-order valence-corrected chi connectivity index (χ2v) is 5.32. The zero-order valence-corrected chi connectivity index (χ0v) is 11.9. The second kappa shape index (κ2) is 6.89. The predicted molar refractivity (Wildman–Crippen MR) is 77.7 cm³/mol. The van der Waals surface area contributed by atoms with Crippen molar-refractivity contribution >= 4 is 5.69 Å². The lowest BCUT2D eigenvalue weighted by atomic mass is 10.1. The maximum atomic E-state index is 10.1. The van der Waals surface area contributed by atoms with Crippen LogP contribution in [0.4, 0.5) is 5.69 Å². The minimum absolute atomic E-state index is 0.348. The largest absolute Gasteiger partial charge is 0.390 e. The summed E-state index contributed by atoms with van der Waals surface area (Å²) in [6, 6.07) is 6.36. The van der Waals surface area contributed by atoms with Gasteiger partial charge in [0, 0.05) is 31.9 Å². The van der Waals surface area contributed by atoms with Crippen LogP contribution in [0.15, 0.2) is 18.2 Å². The van der Waals surface area contributed by atoms with Gasteiger partial charge in [-0.1, -0.05) is 6.07 Å². The summed E-state index contributed by atoms with van der Waals surface area (Å²) in [5, 5.41) is 13.4. The molecule has 4 nitrogen and oxygen atoms in total. The quantitative estimate of drug-likeness (QED) is 0.844. The van der Waals surface area contributed by atoms with Crippen LogP contribution >= 0.6 is 0 Å². The molecule has 0 radical (unpaired) electrons. The Morgan fingerprint density at radius 2 is 1.84 bits per heavy atom. The molecule has 1 heterocycles. The van der Waals surface area contributed by atoms with E-state index in [4.69, 9.17) is 4.74 Å². The molecule has 1 aromatic carbocycles. The van der Waals surface area contributed by atoms with Crippen LogP contribution < -0.4 is 5.32 Å². The smallest absolute Gasteiger partial charge is 0.0839 e. The molecule has 0 aliphatic carbocycles. The maximum Gasteiger partial charge on any atom is 0.0839 e. The summed E-state index contributed by atoms with van der Waals surface area (Å²) in [5.41, 5.74) is 3.56. The molecule has 4 heteroatoms. The van der Waals surface area contributed by atoms with E-state index in [1.165, 1.54) is 11.1 Å². The summed E-state index contributed by atoms with van der Waals surface area (Å²) in [4.78, 5) is 2.25. The van der Waals surface area contributed by atoms with Crippen molar-refractivity contribution in [2.45, 2.75) is 20.0 Å². The number of β-amino-alcohol motifs (C(OH)–C–C–N with tert-alkyl or cyclic N) is 1. The van der Waals surface area contributed by atoms with Gasteiger partial charge in [0.15, 0.2) is 0 Å². The summed E-state index contributed by atoms with van der Waals surface area (Å²) < 4.78 is 5.30. The minimum Gasteiger partial charge on any atom is -0.390 e. The fourth-order valence-electron chi connectivity index (χ4n) is 2.46. The first-order valence-electron chi connectivity index (χ1n) is 6.94. The van der Waals surface area contributed by atoms with E-state index in [1.54, 1.807) is 0 Å². The van der Waals surface area contributed by atoms with E-state index in [2.05, 4.69) is 42.3 Å². The van der Waals surface area contributed by atoms with Gasteiger partial charge in [-0.05, 0) is 37.1 Å². The Labute approximate surface area is 115 Å². The Morgan fingerprint density at radius 3 is 2.47 bits per heavy atom. The van der Waals surface area contributed by atoms with Crippen molar-refractivity contribution in [3.63, 3.8) is 0 Å². The third kappa shape index (κ3) is 4.82. The number of ether oxygens (including phenoxy) is 1. The Bertz CT molecular complexity index is 383. The van der Waals surface area contributed by atoms with E-state index in [0.29, 0.717) is 13.1 Å².